The molecule has 0 radical (unpaired) electrons. The summed E-state index contributed by atoms with van der Waals surface area (Å²) in [5.41, 5.74) is 0.261. The number of ether oxygens (including phenoxy) is 1. The largest absolute Gasteiger partial charge is 0.459 e. The van der Waals surface area contributed by atoms with E-state index in [2.05, 4.69) is 11.0 Å². The second kappa shape index (κ2) is 7.14. The van der Waals surface area contributed by atoms with Crippen LogP contribution in [-0.4, -0.2) is 35.6 Å². The van der Waals surface area contributed by atoms with Gasteiger partial charge in [-0.2, -0.15) is 5.26 Å². The number of nitrogens with zero attached hydrogens (tertiary/aromatic N) is 2. The van der Waals surface area contributed by atoms with Gasteiger partial charge in [-0.25, -0.2) is 4.79 Å². The number of nitriles is 1. The lowest BCUT2D eigenvalue weighted by Gasteiger charge is -2.44. The summed E-state index contributed by atoms with van der Waals surface area (Å²) in [5, 5.41) is 9.74. The Labute approximate surface area is 138 Å². The number of benzene rings is 1. The average molecular weight is 312 g/mol. The van der Waals surface area contributed by atoms with Crippen LogP contribution in [0, 0.1) is 11.3 Å². The molecule has 0 bridgehead atoms. The van der Waals surface area contributed by atoms with Crippen LogP contribution < -0.4 is 0 Å². The van der Waals surface area contributed by atoms with Gasteiger partial charge in [0, 0.05) is 0 Å². The molecule has 1 saturated carbocycles. The predicted molar refractivity (Wildman–Crippen MR) is 87.9 cm³/mol. The van der Waals surface area contributed by atoms with E-state index in [9.17, 15) is 10.1 Å². The molecule has 1 aliphatic heterocycles. The van der Waals surface area contributed by atoms with Gasteiger partial charge in [0.25, 0.3) is 0 Å². The lowest BCUT2D eigenvalue weighted by molar-refractivity contribution is -0.00357. The molecule has 2 aliphatic rings. The molecule has 1 saturated heterocycles. The molecule has 1 aromatic carbocycles. The lowest BCUT2D eigenvalue weighted by atomic mass is 9.79. The number of esters is 1. The van der Waals surface area contributed by atoms with E-state index < -0.39 is 0 Å². The van der Waals surface area contributed by atoms with Crippen molar-refractivity contribution in [3.63, 3.8) is 0 Å². The number of likely N-dealkylation sites (tertiary alicyclic amines) is 1. The first-order chi connectivity index (χ1) is 11.2. The molecule has 1 heterocycles. The Bertz CT molecular complexity index is 565. The maximum absolute atomic E-state index is 12.1. The normalized spacial score (nSPS) is 28.7. The van der Waals surface area contributed by atoms with Crippen LogP contribution in [0.5, 0.6) is 0 Å². The van der Waals surface area contributed by atoms with E-state index in [-0.39, 0.29) is 17.6 Å². The standard InChI is InChI=1S/C19H24N2O2/c20-15-19(21-13-5-2-6-14-21)11-9-17(10-12-19)23-18(22)16-7-3-1-4-8-16/h1,3-4,7-8,17H,2,5-6,9-14H2. The van der Waals surface area contributed by atoms with Gasteiger partial charge < -0.3 is 4.74 Å². The van der Waals surface area contributed by atoms with Gasteiger partial charge >= 0.3 is 5.97 Å². The number of carbonyl (C=O) groups is 1. The monoisotopic (exact) mass is 312 g/mol. The third-order valence-electron chi connectivity index (χ3n) is 5.21. The van der Waals surface area contributed by atoms with E-state index in [4.69, 9.17) is 4.74 Å². The van der Waals surface area contributed by atoms with Crippen LogP contribution in [0.4, 0.5) is 0 Å². The van der Waals surface area contributed by atoms with Crippen LogP contribution >= 0.6 is 0 Å². The molecule has 0 aromatic heterocycles. The predicted octanol–water partition coefficient (Wildman–Crippen LogP) is 3.53. The second-order valence-electron chi connectivity index (χ2n) is 6.66. The number of rotatable bonds is 3. The van der Waals surface area contributed by atoms with Gasteiger partial charge in [-0.05, 0) is 63.7 Å². The molecule has 1 aliphatic carbocycles. The van der Waals surface area contributed by atoms with Gasteiger partial charge in [-0.1, -0.05) is 24.6 Å². The lowest BCUT2D eigenvalue weighted by Crippen LogP contribution is -2.52. The SMILES string of the molecule is N#CC1(N2CCCCC2)CCC(OC(=O)c2ccccc2)CC1. The zero-order chi connectivity index (χ0) is 16.1. The van der Waals surface area contributed by atoms with E-state index in [1.807, 2.05) is 18.2 Å². The van der Waals surface area contributed by atoms with Crippen molar-refractivity contribution in [1.29, 1.82) is 5.26 Å². The Morgan fingerprint density at radius 2 is 1.78 bits per heavy atom. The maximum Gasteiger partial charge on any atom is 0.338 e. The highest BCUT2D eigenvalue weighted by atomic mass is 16.5. The first-order valence-electron chi connectivity index (χ1n) is 8.66. The molecule has 4 nitrogen and oxygen atoms in total. The van der Waals surface area contributed by atoms with Crippen LogP contribution in [-0.2, 0) is 4.74 Å². The summed E-state index contributed by atoms with van der Waals surface area (Å²) in [6.45, 7) is 2.06. The summed E-state index contributed by atoms with van der Waals surface area (Å²) in [5.74, 6) is -0.252. The zero-order valence-electron chi connectivity index (χ0n) is 13.5. The molecular formula is C19H24N2O2. The smallest absolute Gasteiger partial charge is 0.338 e. The molecule has 0 amide bonds. The minimum Gasteiger partial charge on any atom is -0.459 e. The molecule has 2 fully saturated rings. The van der Waals surface area contributed by atoms with E-state index in [1.165, 1.54) is 19.3 Å². The Balaban J connectivity index is 1.57. The van der Waals surface area contributed by atoms with Gasteiger partial charge in [-0.3, -0.25) is 4.90 Å². The number of hydrogen-bond donors (Lipinski definition) is 0. The van der Waals surface area contributed by atoms with Gasteiger partial charge in [0.1, 0.15) is 11.6 Å². The topological polar surface area (TPSA) is 53.3 Å². The van der Waals surface area contributed by atoms with Crippen molar-refractivity contribution in [2.45, 2.75) is 56.6 Å². The van der Waals surface area contributed by atoms with E-state index >= 15 is 0 Å². The van der Waals surface area contributed by atoms with Gasteiger partial charge in [-0.15, -0.1) is 0 Å². The molecule has 1 aromatic rings. The fraction of sp³-hybridized carbons (Fsp3) is 0.579. The van der Waals surface area contributed by atoms with E-state index in [0.29, 0.717) is 5.56 Å². The molecule has 23 heavy (non-hydrogen) atoms. The first-order valence-corrected chi connectivity index (χ1v) is 8.66. The average Bonchev–Trinajstić information content (AvgIpc) is 2.64. The number of hydrogen-bond acceptors (Lipinski definition) is 4. The van der Waals surface area contributed by atoms with Crippen molar-refractivity contribution < 1.29 is 9.53 Å². The van der Waals surface area contributed by atoms with Gasteiger partial charge in [0.05, 0.1) is 11.6 Å². The van der Waals surface area contributed by atoms with Crippen molar-refractivity contribution in [3.05, 3.63) is 35.9 Å². The molecule has 0 unspecified atom stereocenters. The molecule has 3 rings (SSSR count). The molecule has 4 heteroatoms. The summed E-state index contributed by atoms with van der Waals surface area (Å²) >= 11 is 0. The first kappa shape index (κ1) is 16.0. The summed E-state index contributed by atoms with van der Waals surface area (Å²) < 4.78 is 5.64. The fourth-order valence-electron chi connectivity index (χ4n) is 3.80. The number of piperidine rings is 1. The number of carbonyl (C=O) groups excluding carboxylic acids is 1. The summed E-state index contributed by atoms with van der Waals surface area (Å²) in [4.78, 5) is 14.5. The minimum atomic E-state index is -0.337. The Morgan fingerprint density at radius 3 is 2.39 bits per heavy atom. The van der Waals surface area contributed by atoms with Crippen LogP contribution in [0.25, 0.3) is 0 Å². The fourth-order valence-corrected chi connectivity index (χ4v) is 3.80. The highest BCUT2D eigenvalue weighted by Crippen LogP contribution is 2.36. The van der Waals surface area contributed by atoms with E-state index in [0.717, 1.165) is 38.8 Å². The minimum absolute atomic E-state index is 0.0611. The Morgan fingerprint density at radius 1 is 1.13 bits per heavy atom. The van der Waals surface area contributed by atoms with E-state index in [1.54, 1.807) is 12.1 Å². The Hall–Kier alpha value is -1.86. The third-order valence-corrected chi connectivity index (χ3v) is 5.21. The van der Waals surface area contributed by atoms with Crippen LogP contribution in [0.1, 0.15) is 55.3 Å². The molecule has 122 valence electrons. The van der Waals surface area contributed by atoms with Crippen molar-refractivity contribution in [2.75, 3.05) is 13.1 Å². The summed E-state index contributed by atoms with van der Waals surface area (Å²) in [6, 6.07) is 11.7. The second-order valence-corrected chi connectivity index (χ2v) is 6.66. The van der Waals surface area contributed by atoms with Gasteiger partial charge in [0.15, 0.2) is 0 Å². The zero-order valence-corrected chi connectivity index (χ0v) is 13.5. The summed E-state index contributed by atoms with van der Waals surface area (Å²) in [7, 11) is 0. The van der Waals surface area contributed by atoms with Crippen LogP contribution in [0.15, 0.2) is 30.3 Å². The van der Waals surface area contributed by atoms with Gasteiger partial charge in [0.2, 0.25) is 0 Å². The van der Waals surface area contributed by atoms with Crippen molar-refractivity contribution in [1.82, 2.24) is 4.90 Å². The van der Waals surface area contributed by atoms with Crippen LogP contribution in [0.3, 0.4) is 0 Å². The summed E-state index contributed by atoms with van der Waals surface area (Å²) in [6.07, 6.45) is 6.76. The molecule has 0 spiro atoms. The highest BCUT2D eigenvalue weighted by Gasteiger charge is 2.41. The maximum atomic E-state index is 12.1. The highest BCUT2D eigenvalue weighted by molar-refractivity contribution is 5.89. The molecule has 0 N–H and O–H groups in total. The quantitative estimate of drug-likeness (QED) is 0.801. The third kappa shape index (κ3) is 3.56. The van der Waals surface area contributed by atoms with Crippen molar-refractivity contribution in [3.8, 4) is 6.07 Å². The van der Waals surface area contributed by atoms with Crippen molar-refractivity contribution >= 4 is 5.97 Å². The Kier molecular flexibility index (Phi) is 4.97. The van der Waals surface area contributed by atoms with Crippen LogP contribution in [0.2, 0.25) is 0 Å². The van der Waals surface area contributed by atoms with Crippen molar-refractivity contribution in [2.24, 2.45) is 0 Å². The molecule has 0 atom stereocenters. The molecular weight excluding hydrogens is 288 g/mol.